The molecule has 0 amide bonds. The van der Waals surface area contributed by atoms with Crippen LogP contribution in [0.1, 0.15) is 17.3 Å². The molecule has 6 heteroatoms. The van der Waals surface area contributed by atoms with E-state index in [2.05, 4.69) is 4.74 Å². The Bertz CT molecular complexity index is 508. The van der Waals surface area contributed by atoms with E-state index in [4.69, 9.17) is 11.6 Å². The molecule has 88 valence electrons. The maximum atomic E-state index is 11.7. The Balaban J connectivity index is 3.46. The fourth-order valence-electron chi connectivity index (χ4n) is 1.20. The van der Waals surface area contributed by atoms with Crippen LogP contribution in [-0.2, 0) is 14.6 Å². The second kappa shape index (κ2) is 4.84. The summed E-state index contributed by atoms with van der Waals surface area (Å²) >= 11 is 5.71. The van der Waals surface area contributed by atoms with Gasteiger partial charge in [0.05, 0.1) is 23.3 Å². The van der Waals surface area contributed by atoms with Crippen molar-refractivity contribution in [3.05, 3.63) is 28.8 Å². The third kappa shape index (κ3) is 2.54. The summed E-state index contributed by atoms with van der Waals surface area (Å²) in [6, 6.07) is 4.03. The number of carbonyl (C=O) groups excluding carboxylic acids is 1. The van der Waals surface area contributed by atoms with Crippen molar-refractivity contribution in [3.63, 3.8) is 0 Å². The molecule has 0 fully saturated rings. The van der Waals surface area contributed by atoms with E-state index >= 15 is 0 Å². The van der Waals surface area contributed by atoms with Gasteiger partial charge in [-0.15, -0.1) is 0 Å². The van der Waals surface area contributed by atoms with Crippen molar-refractivity contribution in [2.45, 2.75) is 11.8 Å². The van der Waals surface area contributed by atoms with Crippen molar-refractivity contribution in [2.24, 2.45) is 0 Å². The van der Waals surface area contributed by atoms with Gasteiger partial charge in [-0.3, -0.25) is 0 Å². The van der Waals surface area contributed by atoms with Crippen LogP contribution in [0.5, 0.6) is 0 Å². The molecule has 1 rings (SSSR count). The van der Waals surface area contributed by atoms with Crippen molar-refractivity contribution in [1.29, 1.82) is 0 Å². The van der Waals surface area contributed by atoms with Gasteiger partial charge in [0, 0.05) is 5.02 Å². The molecule has 0 saturated carbocycles. The van der Waals surface area contributed by atoms with E-state index in [-0.39, 0.29) is 21.2 Å². The average molecular weight is 263 g/mol. The minimum absolute atomic E-state index is 0.0307. The number of esters is 1. The summed E-state index contributed by atoms with van der Waals surface area (Å²) in [7, 11) is -2.27. The van der Waals surface area contributed by atoms with Crippen molar-refractivity contribution in [2.75, 3.05) is 12.9 Å². The summed E-state index contributed by atoms with van der Waals surface area (Å²) in [5.74, 6) is -0.798. The Labute approximate surface area is 99.1 Å². The number of benzene rings is 1. The number of sulfone groups is 1. The molecule has 0 aromatic heterocycles. The Morgan fingerprint density at radius 3 is 2.56 bits per heavy atom. The van der Waals surface area contributed by atoms with Crippen LogP contribution in [-0.4, -0.2) is 27.2 Å². The predicted octanol–water partition coefficient (Wildman–Crippen LogP) is 1.92. The van der Waals surface area contributed by atoms with Crippen LogP contribution in [0.2, 0.25) is 5.02 Å². The number of hydrogen-bond acceptors (Lipinski definition) is 4. The smallest absolute Gasteiger partial charge is 0.339 e. The molecule has 0 saturated heterocycles. The van der Waals surface area contributed by atoms with Gasteiger partial charge < -0.3 is 4.74 Å². The molecule has 0 bridgehead atoms. The third-order valence-corrected chi connectivity index (χ3v) is 4.08. The lowest BCUT2D eigenvalue weighted by Crippen LogP contribution is -2.12. The molecular formula is C10H11ClO4S. The highest BCUT2D eigenvalue weighted by Gasteiger charge is 2.21. The van der Waals surface area contributed by atoms with Crippen molar-refractivity contribution in [1.82, 2.24) is 0 Å². The average Bonchev–Trinajstić information content (AvgIpc) is 2.27. The normalized spacial score (nSPS) is 11.2. The van der Waals surface area contributed by atoms with Crippen molar-refractivity contribution >= 4 is 27.4 Å². The standard InChI is InChI=1S/C10H11ClO4S/c1-3-16(13,14)9-5-4-7(11)6-8(9)10(12)15-2/h4-6H,3H2,1-2H3. The van der Waals surface area contributed by atoms with Crippen LogP contribution in [0.3, 0.4) is 0 Å². The Hall–Kier alpha value is -1.07. The number of carbonyl (C=O) groups is 1. The first-order valence-electron chi connectivity index (χ1n) is 4.53. The molecule has 0 atom stereocenters. The molecule has 16 heavy (non-hydrogen) atoms. The van der Waals surface area contributed by atoms with Crippen LogP contribution in [0.15, 0.2) is 23.1 Å². The predicted molar refractivity (Wildman–Crippen MR) is 60.5 cm³/mol. The van der Waals surface area contributed by atoms with Crippen LogP contribution >= 0.6 is 11.6 Å². The number of ether oxygens (including phenoxy) is 1. The first kappa shape index (κ1) is 13.0. The quantitative estimate of drug-likeness (QED) is 0.781. The lowest BCUT2D eigenvalue weighted by atomic mass is 10.2. The highest BCUT2D eigenvalue weighted by Crippen LogP contribution is 2.22. The molecule has 0 radical (unpaired) electrons. The van der Waals surface area contributed by atoms with Crippen molar-refractivity contribution in [3.8, 4) is 0 Å². The van der Waals surface area contributed by atoms with Gasteiger partial charge in [0.2, 0.25) is 0 Å². The zero-order chi connectivity index (χ0) is 12.3. The second-order valence-electron chi connectivity index (χ2n) is 3.04. The second-order valence-corrected chi connectivity index (χ2v) is 5.72. The third-order valence-electron chi connectivity index (χ3n) is 2.06. The first-order valence-corrected chi connectivity index (χ1v) is 6.56. The number of halogens is 1. The fraction of sp³-hybridized carbons (Fsp3) is 0.300. The topological polar surface area (TPSA) is 60.4 Å². The molecule has 0 aliphatic rings. The first-order chi connectivity index (χ1) is 7.42. The van der Waals surface area contributed by atoms with E-state index in [0.29, 0.717) is 0 Å². The highest BCUT2D eigenvalue weighted by atomic mass is 35.5. The van der Waals surface area contributed by atoms with Gasteiger partial charge in [-0.1, -0.05) is 18.5 Å². The Kier molecular flexibility index (Phi) is 3.93. The van der Waals surface area contributed by atoms with E-state index in [1.54, 1.807) is 0 Å². The summed E-state index contributed by atoms with van der Waals surface area (Å²) < 4.78 is 27.9. The number of methoxy groups -OCH3 is 1. The van der Waals surface area contributed by atoms with Gasteiger partial charge in [-0.25, -0.2) is 13.2 Å². The zero-order valence-corrected chi connectivity index (χ0v) is 10.4. The largest absolute Gasteiger partial charge is 0.465 e. The van der Waals surface area contributed by atoms with Gasteiger partial charge in [-0.05, 0) is 18.2 Å². The number of rotatable bonds is 3. The monoisotopic (exact) mass is 262 g/mol. The summed E-state index contributed by atoms with van der Waals surface area (Å²) in [4.78, 5) is 11.4. The summed E-state index contributed by atoms with van der Waals surface area (Å²) in [5.41, 5.74) is -0.0307. The van der Waals surface area contributed by atoms with Crippen LogP contribution in [0, 0.1) is 0 Å². The highest BCUT2D eigenvalue weighted by molar-refractivity contribution is 7.91. The summed E-state index contributed by atoms with van der Waals surface area (Å²) in [5, 5.41) is 0.287. The van der Waals surface area contributed by atoms with Gasteiger partial charge in [-0.2, -0.15) is 0 Å². The molecule has 0 spiro atoms. The number of hydrogen-bond donors (Lipinski definition) is 0. The molecule has 1 aromatic carbocycles. The molecule has 0 N–H and O–H groups in total. The molecule has 0 aliphatic heterocycles. The summed E-state index contributed by atoms with van der Waals surface area (Å²) in [6.45, 7) is 1.50. The molecule has 1 aromatic rings. The molecule has 0 unspecified atom stereocenters. The van der Waals surface area contributed by atoms with E-state index < -0.39 is 15.8 Å². The SMILES string of the molecule is CCS(=O)(=O)c1ccc(Cl)cc1C(=O)OC. The lowest BCUT2D eigenvalue weighted by molar-refractivity contribution is 0.0596. The van der Waals surface area contributed by atoms with E-state index in [1.165, 1.54) is 32.2 Å². The van der Waals surface area contributed by atoms with E-state index in [1.807, 2.05) is 0 Å². The maximum Gasteiger partial charge on any atom is 0.339 e. The fourth-order valence-corrected chi connectivity index (χ4v) is 2.43. The van der Waals surface area contributed by atoms with Crippen molar-refractivity contribution < 1.29 is 17.9 Å². The molecular weight excluding hydrogens is 252 g/mol. The molecule has 0 aliphatic carbocycles. The zero-order valence-electron chi connectivity index (χ0n) is 8.86. The Morgan fingerprint density at radius 1 is 1.44 bits per heavy atom. The lowest BCUT2D eigenvalue weighted by Gasteiger charge is -2.07. The molecule has 4 nitrogen and oxygen atoms in total. The van der Waals surface area contributed by atoms with Gasteiger partial charge in [0.25, 0.3) is 0 Å². The van der Waals surface area contributed by atoms with Crippen LogP contribution in [0.4, 0.5) is 0 Å². The van der Waals surface area contributed by atoms with Crippen LogP contribution in [0.25, 0.3) is 0 Å². The minimum atomic E-state index is -3.46. The maximum absolute atomic E-state index is 11.7. The van der Waals surface area contributed by atoms with Crippen LogP contribution < -0.4 is 0 Å². The van der Waals surface area contributed by atoms with E-state index in [0.717, 1.165) is 0 Å². The van der Waals surface area contributed by atoms with E-state index in [9.17, 15) is 13.2 Å². The van der Waals surface area contributed by atoms with Gasteiger partial charge in [0.15, 0.2) is 9.84 Å². The van der Waals surface area contributed by atoms with Gasteiger partial charge in [0.1, 0.15) is 0 Å². The molecule has 0 heterocycles. The van der Waals surface area contributed by atoms with Gasteiger partial charge >= 0.3 is 5.97 Å². The Morgan fingerprint density at radius 2 is 2.06 bits per heavy atom. The minimum Gasteiger partial charge on any atom is -0.465 e. The summed E-state index contributed by atoms with van der Waals surface area (Å²) in [6.07, 6.45) is 0.